The van der Waals surface area contributed by atoms with Crippen molar-refractivity contribution in [2.24, 2.45) is 5.41 Å². The van der Waals surface area contributed by atoms with Gasteiger partial charge in [-0.1, -0.05) is 62.8 Å². The van der Waals surface area contributed by atoms with Crippen molar-refractivity contribution in [3.63, 3.8) is 0 Å². The average molecular weight is 753 g/mol. The summed E-state index contributed by atoms with van der Waals surface area (Å²) in [5.41, 5.74) is 9.31. The molecule has 0 radical (unpaired) electrons. The maximum atomic E-state index is 13.3. The van der Waals surface area contributed by atoms with Crippen molar-refractivity contribution in [1.82, 2.24) is 24.2 Å². The number of rotatable bonds is 12. The van der Waals surface area contributed by atoms with E-state index in [0.29, 0.717) is 30.0 Å². The third-order valence-electron chi connectivity index (χ3n) is 10.7. The summed E-state index contributed by atoms with van der Waals surface area (Å²) in [6.07, 6.45) is 7.22. The quantitative estimate of drug-likeness (QED) is 0.0715. The van der Waals surface area contributed by atoms with E-state index in [4.69, 9.17) is 31.2 Å². The molecule has 1 fully saturated rings. The molecule has 5 aromatic rings. The van der Waals surface area contributed by atoms with E-state index in [1.54, 1.807) is 11.8 Å². The number of halogens is 1. The highest BCUT2D eigenvalue weighted by molar-refractivity contribution is 6.76. The lowest BCUT2D eigenvalue weighted by molar-refractivity contribution is 0.0526. The summed E-state index contributed by atoms with van der Waals surface area (Å²) in [4.78, 5) is 23.3. The Morgan fingerprint density at radius 2 is 1.77 bits per heavy atom. The molecule has 0 saturated carbocycles. The number of carbonyl (C=O) groups is 1. The van der Waals surface area contributed by atoms with Gasteiger partial charge < -0.3 is 18.9 Å². The highest BCUT2D eigenvalue weighted by Crippen LogP contribution is 2.43. The molecule has 0 unspecified atom stereocenters. The van der Waals surface area contributed by atoms with Gasteiger partial charge in [0.15, 0.2) is 0 Å². The van der Waals surface area contributed by atoms with Crippen LogP contribution in [0, 0.1) is 5.41 Å². The first-order valence-electron chi connectivity index (χ1n) is 19.0. The van der Waals surface area contributed by atoms with Crippen molar-refractivity contribution in [3.05, 3.63) is 88.7 Å². The van der Waals surface area contributed by atoms with Crippen molar-refractivity contribution in [3.8, 4) is 5.69 Å². The topological polar surface area (TPSA) is 77.7 Å². The number of ether oxygens (including phenoxy) is 2. The Morgan fingerprint density at radius 1 is 1.00 bits per heavy atom. The molecule has 0 amide bonds. The van der Waals surface area contributed by atoms with Gasteiger partial charge in [0.05, 0.1) is 29.6 Å². The van der Waals surface area contributed by atoms with Crippen LogP contribution in [0.25, 0.3) is 33.3 Å². The monoisotopic (exact) mass is 752 g/mol. The molecule has 9 nitrogen and oxygen atoms in total. The fraction of sp³-hybridized carbons (Fsp3) is 0.452. The second-order valence-electron chi connectivity index (χ2n) is 16.6. The van der Waals surface area contributed by atoms with E-state index in [1.807, 2.05) is 46.6 Å². The summed E-state index contributed by atoms with van der Waals surface area (Å²) >= 11 is 6.25. The number of hydrogen-bond acceptors (Lipinski definition) is 7. The molecule has 0 N–H and O–H groups in total. The molecule has 2 aromatic carbocycles. The summed E-state index contributed by atoms with van der Waals surface area (Å²) in [6, 6.07) is 19.7. The van der Waals surface area contributed by atoms with Crippen molar-refractivity contribution >= 4 is 59.0 Å². The van der Waals surface area contributed by atoms with E-state index in [2.05, 4.69) is 73.6 Å². The number of carbonyl (C=O) groups excluding carboxylic acids is 1. The van der Waals surface area contributed by atoms with Crippen LogP contribution in [-0.2, 0) is 16.2 Å². The molecule has 0 atom stereocenters. The van der Waals surface area contributed by atoms with Gasteiger partial charge in [-0.3, -0.25) is 4.90 Å². The van der Waals surface area contributed by atoms with Crippen molar-refractivity contribution < 1.29 is 14.3 Å². The average Bonchev–Trinajstić information content (AvgIpc) is 3.73. The van der Waals surface area contributed by atoms with Crippen LogP contribution in [-0.4, -0.2) is 84.2 Å². The number of allylic oxidation sites excluding steroid dienone is 1. The summed E-state index contributed by atoms with van der Waals surface area (Å²) in [7, 11) is -1.17. The van der Waals surface area contributed by atoms with Gasteiger partial charge >= 0.3 is 5.97 Å². The second-order valence-corrected chi connectivity index (χ2v) is 22.7. The predicted molar refractivity (Wildman–Crippen MR) is 219 cm³/mol. The first-order valence-corrected chi connectivity index (χ1v) is 23.1. The molecule has 53 heavy (non-hydrogen) atoms. The van der Waals surface area contributed by atoms with Gasteiger partial charge in [-0.15, -0.1) is 0 Å². The van der Waals surface area contributed by atoms with Crippen molar-refractivity contribution in [2.45, 2.75) is 72.4 Å². The maximum absolute atomic E-state index is 13.3. The summed E-state index contributed by atoms with van der Waals surface area (Å²) in [5.74, 6) is -0.362. The number of piperazine rings is 1. The molecule has 1 aliphatic heterocycles. The fourth-order valence-electron chi connectivity index (χ4n) is 7.56. The van der Waals surface area contributed by atoms with Gasteiger partial charge in [0.25, 0.3) is 0 Å². The first kappa shape index (κ1) is 37.4. The first-order chi connectivity index (χ1) is 25.4. The van der Waals surface area contributed by atoms with E-state index in [9.17, 15) is 4.79 Å². The molecular weight excluding hydrogens is 700 g/mol. The molecule has 0 spiro atoms. The van der Waals surface area contributed by atoms with Crippen LogP contribution in [0.2, 0.25) is 30.7 Å². The molecule has 7 rings (SSSR count). The molecule has 3 aromatic heterocycles. The Kier molecular flexibility index (Phi) is 10.9. The zero-order valence-electron chi connectivity index (χ0n) is 32.1. The molecule has 280 valence electrons. The van der Waals surface area contributed by atoms with E-state index >= 15 is 0 Å². The maximum Gasteiger partial charge on any atom is 0.340 e. The molecular formula is C42H53ClN6O3Si. The number of hydrogen-bond donors (Lipinski definition) is 0. The van der Waals surface area contributed by atoms with E-state index in [1.165, 1.54) is 17.6 Å². The van der Waals surface area contributed by atoms with Crippen LogP contribution >= 0.6 is 11.6 Å². The summed E-state index contributed by atoms with van der Waals surface area (Å²) < 4.78 is 15.4. The minimum absolute atomic E-state index is 0.291. The normalized spacial score (nSPS) is 16.9. The number of esters is 1. The van der Waals surface area contributed by atoms with Crippen LogP contribution in [0.1, 0.15) is 56.0 Å². The highest BCUT2D eigenvalue weighted by atomic mass is 35.5. The third kappa shape index (κ3) is 8.56. The van der Waals surface area contributed by atoms with Crippen molar-refractivity contribution in [2.75, 3.05) is 50.8 Å². The molecule has 11 heteroatoms. The Labute approximate surface area is 319 Å². The lowest BCUT2D eigenvalue weighted by Gasteiger charge is -2.39. The van der Waals surface area contributed by atoms with Crippen molar-refractivity contribution in [1.29, 1.82) is 0 Å². The number of fused-ring (bicyclic) bond motifs is 2. The van der Waals surface area contributed by atoms with Gasteiger partial charge in [-0.05, 0) is 91.2 Å². The zero-order valence-corrected chi connectivity index (χ0v) is 33.9. The minimum atomic E-state index is -1.17. The number of anilines is 1. The number of aromatic nitrogens is 4. The largest absolute Gasteiger partial charge is 0.462 e. The number of pyridine rings is 1. The highest BCUT2D eigenvalue weighted by Gasteiger charge is 2.30. The van der Waals surface area contributed by atoms with Crippen LogP contribution in [0.4, 0.5) is 5.69 Å². The molecule has 1 aliphatic carbocycles. The van der Waals surface area contributed by atoms with Crippen LogP contribution < -0.4 is 4.90 Å². The van der Waals surface area contributed by atoms with Gasteiger partial charge in [-0.2, -0.15) is 5.10 Å². The molecule has 1 saturated heterocycles. The van der Waals surface area contributed by atoms with Gasteiger partial charge in [0, 0.05) is 69.7 Å². The van der Waals surface area contributed by atoms with Crippen LogP contribution in [0.15, 0.2) is 72.6 Å². The Bertz CT molecular complexity index is 2120. The fourth-order valence-corrected chi connectivity index (χ4v) is 8.45. The van der Waals surface area contributed by atoms with Gasteiger partial charge in [-0.25, -0.2) is 14.5 Å². The van der Waals surface area contributed by atoms with Gasteiger partial charge in [0.2, 0.25) is 0 Å². The lowest BCUT2D eigenvalue weighted by Crippen LogP contribution is -2.47. The third-order valence-corrected chi connectivity index (χ3v) is 12.7. The summed E-state index contributed by atoms with van der Waals surface area (Å²) in [5, 5.41) is 6.56. The Balaban J connectivity index is 1.11. The van der Waals surface area contributed by atoms with E-state index < -0.39 is 8.07 Å². The molecule has 0 bridgehead atoms. The van der Waals surface area contributed by atoms with E-state index in [-0.39, 0.29) is 5.97 Å². The van der Waals surface area contributed by atoms with Crippen LogP contribution in [0.3, 0.4) is 0 Å². The molecule has 4 heterocycles. The van der Waals surface area contributed by atoms with Crippen LogP contribution in [0.5, 0.6) is 0 Å². The number of benzene rings is 2. The predicted octanol–water partition coefficient (Wildman–Crippen LogP) is 9.30. The standard InChI is InChI=1S/C42H53ClN6O3Si/c1-7-52-41(50)35-13-12-34(47-20-18-46(19-21-47)28-32-14-16-42(2,3)26-36(32)30-8-10-33(43)11-9-30)25-38(35)49-39-24-31-15-17-48(29-51-22-23-53(4,5)6)40(31)45-37(39)27-44-49/h8-13,15,17,24-25,27H,7,14,16,18-23,26,28-29H2,1-6H3. The number of nitrogens with zero attached hydrogens (tertiary/aromatic N) is 6. The van der Waals surface area contributed by atoms with E-state index in [0.717, 1.165) is 91.0 Å². The zero-order chi connectivity index (χ0) is 37.3. The van der Waals surface area contributed by atoms with Gasteiger partial charge in [0.1, 0.15) is 17.9 Å². The Morgan fingerprint density at radius 3 is 2.51 bits per heavy atom. The SMILES string of the molecule is CCOC(=O)c1ccc(N2CCN(CC3=C(c4ccc(Cl)cc4)CC(C)(C)CC3)CC2)cc1-n1ncc2nc3c(ccn3COCC[Si](C)(C)C)cc21. The Hall–Kier alpha value is -3.96. The second kappa shape index (κ2) is 15.4. The smallest absolute Gasteiger partial charge is 0.340 e. The minimum Gasteiger partial charge on any atom is -0.462 e. The lowest BCUT2D eigenvalue weighted by atomic mass is 9.72. The summed E-state index contributed by atoms with van der Waals surface area (Å²) in [6.45, 7) is 19.9. The molecule has 2 aliphatic rings.